The first-order valence-corrected chi connectivity index (χ1v) is 11.9. The maximum absolute atomic E-state index is 14.6. The van der Waals surface area contributed by atoms with Gasteiger partial charge in [-0.05, 0) is 48.7 Å². The fourth-order valence-electron chi connectivity index (χ4n) is 5.32. The lowest BCUT2D eigenvalue weighted by molar-refractivity contribution is -0.142. The largest absolute Gasteiger partial charge is 0.481 e. The zero-order valence-electron chi connectivity index (χ0n) is 20.2. The highest BCUT2D eigenvalue weighted by Crippen LogP contribution is 2.36. The Bertz CT molecular complexity index is 1640. The van der Waals surface area contributed by atoms with Crippen LogP contribution in [0.25, 0.3) is 38.8 Å². The minimum atomic E-state index is -0.775. The number of nitrogens with zero attached hydrogens (tertiary/aromatic N) is 6. The Morgan fingerprint density at radius 1 is 1.11 bits per heavy atom. The lowest BCUT2D eigenvalue weighted by atomic mass is 9.99. The van der Waals surface area contributed by atoms with E-state index in [2.05, 4.69) is 10.1 Å². The third-order valence-electron chi connectivity index (χ3n) is 7.08. The first-order valence-electron chi connectivity index (χ1n) is 11.9. The summed E-state index contributed by atoms with van der Waals surface area (Å²) in [5.41, 5.74) is 4.71. The van der Waals surface area contributed by atoms with E-state index < -0.39 is 11.9 Å². The van der Waals surface area contributed by atoms with Crippen LogP contribution < -0.4 is 4.90 Å². The molecule has 0 spiro atoms. The van der Waals surface area contributed by atoms with Crippen molar-refractivity contribution in [3.8, 4) is 16.9 Å². The molecule has 36 heavy (non-hydrogen) atoms. The first kappa shape index (κ1) is 22.2. The van der Waals surface area contributed by atoms with Crippen molar-refractivity contribution in [1.82, 2.24) is 24.5 Å². The van der Waals surface area contributed by atoms with Gasteiger partial charge in [0, 0.05) is 42.7 Å². The number of carboxylic acid groups (broad SMARTS) is 1. The van der Waals surface area contributed by atoms with Crippen LogP contribution >= 0.6 is 0 Å². The molecule has 4 heterocycles. The van der Waals surface area contributed by atoms with Crippen LogP contribution in [0, 0.1) is 24.6 Å². The Morgan fingerprint density at radius 2 is 1.94 bits per heavy atom. The van der Waals surface area contributed by atoms with Crippen LogP contribution in [0.15, 0.2) is 54.9 Å². The topological polar surface area (TPSA) is 89.1 Å². The highest BCUT2D eigenvalue weighted by Gasteiger charge is 2.35. The predicted molar refractivity (Wildman–Crippen MR) is 136 cm³/mol. The van der Waals surface area contributed by atoms with Gasteiger partial charge in [-0.15, -0.1) is 0 Å². The van der Waals surface area contributed by atoms with E-state index in [9.17, 15) is 14.3 Å². The molecule has 8 nitrogen and oxygen atoms in total. The van der Waals surface area contributed by atoms with Crippen LogP contribution in [0.1, 0.15) is 12.5 Å². The van der Waals surface area contributed by atoms with Crippen molar-refractivity contribution < 1.29 is 14.3 Å². The number of halogens is 1. The fourth-order valence-corrected chi connectivity index (χ4v) is 5.32. The highest BCUT2D eigenvalue weighted by molar-refractivity contribution is 6.03. The normalized spacial score (nSPS) is 17.9. The second-order valence-electron chi connectivity index (χ2n) is 9.62. The number of anilines is 1. The van der Waals surface area contributed by atoms with Crippen molar-refractivity contribution in [2.24, 2.45) is 18.9 Å². The second-order valence-corrected chi connectivity index (χ2v) is 9.62. The summed E-state index contributed by atoms with van der Waals surface area (Å²) in [6, 6.07) is 12.7. The number of aliphatic carboxylic acids is 1. The van der Waals surface area contributed by atoms with E-state index in [1.54, 1.807) is 15.6 Å². The van der Waals surface area contributed by atoms with Crippen molar-refractivity contribution in [3.05, 3.63) is 66.2 Å². The third-order valence-corrected chi connectivity index (χ3v) is 7.08. The van der Waals surface area contributed by atoms with Gasteiger partial charge >= 0.3 is 5.97 Å². The Morgan fingerprint density at radius 3 is 2.67 bits per heavy atom. The molecular weight excluding hydrogens is 459 g/mol. The zero-order chi connectivity index (χ0) is 25.1. The summed E-state index contributed by atoms with van der Waals surface area (Å²) in [5.74, 6) is -0.715. The van der Waals surface area contributed by atoms with Crippen LogP contribution in [0.3, 0.4) is 0 Å². The smallest absolute Gasteiger partial charge is 0.308 e. The molecule has 0 bridgehead atoms. The number of carbonyl (C=O) groups is 1. The van der Waals surface area contributed by atoms with Gasteiger partial charge in [0.05, 0.1) is 28.8 Å². The van der Waals surface area contributed by atoms with Crippen LogP contribution in [-0.2, 0) is 11.8 Å². The van der Waals surface area contributed by atoms with Gasteiger partial charge in [0.2, 0.25) is 0 Å². The Kier molecular flexibility index (Phi) is 5.03. The minimum Gasteiger partial charge on any atom is -0.481 e. The number of aryl methyl sites for hydroxylation is 2. The average molecular weight is 485 g/mol. The molecule has 2 aromatic carbocycles. The number of aromatic nitrogens is 5. The Labute approximate surface area is 206 Å². The zero-order valence-corrected chi connectivity index (χ0v) is 20.2. The number of benzene rings is 2. The molecule has 1 aliphatic heterocycles. The highest BCUT2D eigenvalue weighted by atomic mass is 19.1. The van der Waals surface area contributed by atoms with Crippen LogP contribution in [0.4, 0.5) is 10.2 Å². The molecule has 3 aromatic heterocycles. The standard InChI is InChI=1S/C27H25FN6O2/c1-15-9-17(28)10-20-25(19-5-4-6-23-22(19)13-32(3)30-23)31-34(26(15)20)18-7-8-24(29-11-18)33-12-16(2)21(14-33)27(35)36/h4-11,13,16,21H,12,14H2,1-3H3,(H,35,36). The van der Waals surface area contributed by atoms with E-state index in [-0.39, 0.29) is 11.7 Å². The molecule has 2 atom stereocenters. The molecular formula is C27H25FN6O2. The van der Waals surface area contributed by atoms with Crippen molar-refractivity contribution in [2.45, 2.75) is 13.8 Å². The second kappa shape index (κ2) is 8.15. The molecule has 0 saturated carbocycles. The first-order chi connectivity index (χ1) is 17.3. The third kappa shape index (κ3) is 3.50. The van der Waals surface area contributed by atoms with Crippen molar-refractivity contribution in [2.75, 3.05) is 18.0 Å². The van der Waals surface area contributed by atoms with E-state index in [4.69, 9.17) is 5.10 Å². The van der Waals surface area contributed by atoms with Gasteiger partial charge in [-0.25, -0.2) is 14.1 Å². The van der Waals surface area contributed by atoms with Crippen LogP contribution in [0.2, 0.25) is 0 Å². The van der Waals surface area contributed by atoms with Crippen molar-refractivity contribution in [1.29, 1.82) is 0 Å². The van der Waals surface area contributed by atoms with Gasteiger partial charge in [0.15, 0.2) is 0 Å². The van der Waals surface area contributed by atoms with Crippen LogP contribution in [0.5, 0.6) is 0 Å². The molecule has 1 N–H and O–H groups in total. The molecule has 1 aliphatic rings. The number of hydrogen-bond donors (Lipinski definition) is 1. The van der Waals surface area contributed by atoms with Gasteiger partial charge in [-0.3, -0.25) is 9.48 Å². The van der Waals surface area contributed by atoms with Crippen LogP contribution in [-0.4, -0.2) is 48.7 Å². The van der Waals surface area contributed by atoms with E-state index in [1.165, 1.54) is 12.1 Å². The summed E-state index contributed by atoms with van der Waals surface area (Å²) in [6.07, 6.45) is 3.68. The molecule has 1 fully saturated rings. The molecule has 0 radical (unpaired) electrons. The maximum atomic E-state index is 14.6. The van der Waals surface area contributed by atoms with Gasteiger partial charge in [-0.1, -0.05) is 19.1 Å². The van der Waals surface area contributed by atoms with Gasteiger partial charge < -0.3 is 10.0 Å². The van der Waals surface area contributed by atoms with Crippen molar-refractivity contribution >= 4 is 33.6 Å². The minimum absolute atomic E-state index is 0.0503. The number of hydrogen-bond acceptors (Lipinski definition) is 5. The Hall–Kier alpha value is -4.27. The van der Waals surface area contributed by atoms with E-state index in [0.717, 1.165) is 39.1 Å². The molecule has 5 aromatic rings. The molecule has 1 saturated heterocycles. The number of fused-ring (bicyclic) bond motifs is 2. The number of pyridine rings is 1. The monoisotopic (exact) mass is 484 g/mol. The van der Waals surface area contributed by atoms with E-state index in [0.29, 0.717) is 24.2 Å². The summed E-state index contributed by atoms with van der Waals surface area (Å²) < 4.78 is 18.1. The van der Waals surface area contributed by atoms with Crippen molar-refractivity contribution in [3.63, 3.8) is 0 Å². The fraction of sp³-hybridized carbons (Fsp3) is 0.259. The van der Waals surface area contributed by atoms with Gasteiger partial charge in [0.1, 0.15) is 17.3 Å². The van der Waals surface area contributed by atoms with E-state index in [1.807, 2.05) is 62.3 Å². The lowest BCUT2D eigenvalue weighted by Crippen LogP contribution is -2.23. The Balaban J connectivity index is 1.47. The summed E-state index contributed by atoms with van der Waals surface area (Å²) in [6.45, 7) is 4.91. The van der Waals surface area contributed by atoms with Gasteiger partial charge in [-0.2, -0.15) is 10.2 Å². The summed E-state index contributed by atoms with van der Waals surface area (Å²) in [5, 5.41) is 20.6. The van der Waals surface area contributed by atoms with E-state index >= 15 is 0 Å². The summed E-state index contributed by atoms with van der Waals surface area (Å²) >= 11 is 0. The molecule has 2 unspecified atom stereocenters. The molecule has 182 valence electrons. The molecule has 9 heteroatoms. The molecule has 0 aliphatic carbocycles. The number of rotatable bonds is 4. The summed E-state index contributed by atoms with van der Waals surface area (Å²) in [7, 11) is 1.87. The van der Waals surface area contributed by atoms with Gasteiger partial charge in [0.25, 0.3) is 0 Å². The molecule has 6 rings (SSSR count). The summed E-state index contributed by atoms with van der Waals surface area (Å²) in [4.78, 5) is 18.2. The predicted octanol–water partition coefficient (Wildman–Crippen LogP) is 4.58. The quantitative estimate of drug-likeness (QED) is 0.402. The number of carboxylic acids is 1. The maximum Gasteiger partial charge on any atom is 0.308 e. The SMILES string of the molecule is Cc1cc(F)cc2c(-c3cccc4nn(C)cc34)nn(-c3ccc(N4CC(C)C(C(=O)O)C4)nc3)c12. The molecule has 0 amide bonds. The average Bonchev–Trinajstić information content (AvgIpc) is 3.53. The lowest BCUT2D eigenvalue weighted by Gasteiger charge is -2.17.